The number of aliphatic hydroxyl groups is 1. The molecule has 0 saturated heterocycles. The molecular weight excluding hydrogens is 264 g/mol. The highest BCUT2D eigenvalue weighted by Crippen LogP contribution is 2.31. The van der Waals surface area contributed by atoms with Gasteiger partial charge in [-0.15, -0.1) is 0 Å². The summed E-state index contributed by atoms with van der Waals surface area (Å²) >= 11 is 0. The molecule has 4 nitrogen and oxygen atoms in total. The van der Waals surface area contributed by atoms with Crippen LogP contribution in [0.1, 0.15) is 28.1 Å². The number of aliphatic hydroxyl groups excluding tert-OH is 1. The Morgan fingerprint density at radius 1 is 1.14 bits per heavy atom. The predicted octanol–water partition coefficient (Wildman–Crippen LogP) is 3.62. The van der Waals surface area contributed by atoms with E-state index >= 15 is 0 Å². The minimum Gasteiger partial charge on any atom is -0.392 e. The lowest BCUT2D eigenvalue weighted by molar-refractivity contribution is 0.281. The molecule has 1 aromatic carbocycles. The van der Waals surface area contributed by atoms with Crippen molar-refractivity contribution in [2.45, 2.75) is 34.3 Å². The van der Waals surface area contributed by atoms with Gasteiger partial charge in [0.2, 0.25) is 0 Å². The Morgan fingerprint density at radius 2 is 1.90 bits per heavy atom. The minimum atomic E-state index is 0.0258. The van der Waals surface area contributed by atoms with E-state index in [0.717, 1.165) is 50.3 Å². The third kappa shape index (κ3) is 2.12. The molecule has 0 unspecified atom stereocenters. The molecule has 3 rings (SSSR count). The molecule has 0 spiro atoms. The molecule has 0 radical (unpaired) electrons. The Kier molecular flexibility index (Phi) is 3.26. The number of aromatic nitrogens is 2. The van der Waals surface area contributed by atoms with Crippen LogP contribution in [-0.4, -0.2) is 15.2 Å². The molecule has 0 saturated carbocycles. The van der Waals surface area contributed by atoms with Crippen LogP contribution < -0.4 is 0 Å². The van der Waals surface area contributed by atoms with E-state index in [4.69, 9.17) is 9.51 Å². The van der Waals surface area contributed by atoms with Crippen molar-refractivity contribution in [3.63, 3.8) is 0 Å². The maximum atomic E-state index is 9.44. The highest BCUT2D eigenvalue weighted by molar-refractivity contribution is 5.88. The second-order valence-electron chi connectivity index (χ2n) is 5.43. The molecule has 0 fully saturated rings. The minimum absolute atomic E-state index is 0.0258. The maximum Gasteiger partial charge on any atom is 0.143 e. The normalized spacial score (nSPS) is 11.3. The lowest BCUT2D eigenvalue weighted by atomic mass is 9.99. The van der Waals surface area contributed by atoms with Gasteiger partial charge in [0, 0.05) is 5.39 Å². The van der Waals surface area contributed by atoms with E-state index in [1.54, 1.807) is 0 Å². The smallest absolute Gasteiger partial charge is 0.143 e. The molecule has 21 heavy (non-hydrogen) atoms. The SMILES string of the molecule is Cc1noc(C)c1-c1cc(C)c2ccc(CO)c(C)c2n1. The number of hydrogen-bond acceptors (Lipinski definition) is 4. The fraction of sp³-hybridized carbons (Fsp3) is 0.294. The van der Waals surface area contributed by atoms with Crippen molar-refractivity contribution < 1.29 is 9.63 Å². The van der Waals surface area contributed by atoms with Crippen LogP contribution in [0, 0.1) is 27.7 Å². The molecule has 1 N–H and O–H groups in total. The first-order valence-corrected chi connectivity index (χ1v) is 6.97. The lowest BCUT2D eigenvalue weighted by Crippen LogP contribution is -1.96. The lowest BCUT2D eigenvalue weighted by Gasteiger charge is -2.11. The zero-order chi connectivity index (χ0) is 15.1. The molecule has 3 aromatic rings. The van der Waals surface area contributed by atoms with E-state index in [-0.39, 0.29) is 6.61 Å². The summed E-state index contributed by atoms with van der Waals surface area (Å²) < 4.78 is 5.25. The van der Waals surface area contributed by atoms with Gasteiger partial charge >= 0.3 is 0 Å². The van der Waals surface area contributed by atoms with E-state index < -0.39 is 0 Å². The Morgan fingerprint density at radius 3 is 2.52 bits per heavy atom. The van der Waals surface area contributed by atoms with Crippen molar-refractivity contribution in [3.8, 4) is 11.3 Å². The molecule has 0 amide bonds. The third-order valence-corrected chi connectivity index (χ3v) is 4.01. The van der Waals surface area contributed by atoms with Gasteiger partial charge in [0.25, 0.3) is 0 Å². The first kappa shape index (κ1) is 13.8. The monoisotopic (exact) mass is 282 g/mol. The predicted molar refractivity (Wildman–Crippen MR) is 82.1 cm³/mol. The number of fused-ring (bicyclic) bond motifs is 1. The second kappa shape index (κ2) is 4.97. The average molecular weight is 282 g/mol. The van der Waals surface area contributed by atoms with Crippen LogP contribution in [0.25, 0.3) is 22.2 Å². The van der Waals surface area contributed by atoms with Gasteiger partial charge in [0.05, 0.1) is 29.1 Å². The highest BCUT2D eigenvalue weighted by atomic mass is 16.5. The van der Waals surface area contributed by atoms with Crippen LogP contribution in [0.4, 0.5) is 0 Å². The van der Waals surface area contributed by atoms with Crippen LogP contribution in [0.5, 0.6) is 0 Å². The zero-order valence-electron chi connectivity index (χ0n) is 12.7. The van der Waals surface area contributed by atoms with E-state index in [9.17, 15) is 5.11 Å². The summed E-state index contributed by atoms with van der Waals surface area (Å²) in [5.74, 6) is 0.773. The van der Waals surface area contributed by atoms with Gasteiger partial charge < -0.3 is 9.63 Å². The summed E-state index contributed by atoms with van der Waals surface area (Å²) in [5, 5.41) is 14.6. The Labute approximate surface area is 123 Å². The van der Waals surface area contributed by atoms with Gasteiger partial charge in [-0.2, -0.15) is 0 Å². The van der Waals surface area contributed by atoms with Crippen LogP contribution in [0.2, 0.25) is 0 Å². The van der Waals surface area contributed by atoms with E-state index in [2.05, 4.69) is 18.1 Å². The number of hydrogen-bond donors (Lipinski definition) is 1. The van der Waals surface area contributed by atoms with Crippen LogP contribution >= 0.6 is 0 Å². The number of pyridine rings is 1. The summed E-state index contributed by atoms with van der Waals surface area (Å²) in [6.45, 7) is 7.91. The third-order valence-electron chi connectivity index (χ3n) is 4.01. The first-order chi connectivity index (χ1) is 10.0. The van der Waals surface area contributed by atoms with Crippen molar-refractivity contribution >= 4 is 10.9 Å². The van der Waals surface area contributed by atoms with Crippen molar-refractivity contribution in [1.82, 2.24) is 10.1 Å². The zero-order valence-corrected chi connectivity index (χ0v) is 12.7. The van der Waals surface area contributed by atoms with Gasteiger partial charge in [0.15, 0.2) is 0 Å². The summed E-state index contributed by atoms with van der Waals surface area (Å²) in [6.07, 6.45) is 0. The quantitative estimate of drug-likeness (QED) is 0.780. The molecule has 0 aliphatic heterocycles. The van der Waals surface area contributed by atoms with Gasteiger partial charge in [-0.25, -0.2) is 4.98 Å². The number of nitrogens with zero attached hydrogens (tertiary/aromatic N) is 2. The number of rotatable bonds is 2. The molecule has 4 heteroatoms. The molecule has 2 aromatic heterocycles. The van der Waals surface area contributed by atoms with E-state index in [1.165, 1.54) is 0 Å². The number of aryl methyl sites for hydroxylation is 4. The Bertz CT molecular complexity index is 815. The van der Waals surface area contributed by atoms with Gasteiger partial charge in [-0.1, -0.05) is 17.3 Å². The van der Waals surface area contributed by atoms with E-state index in [0.29, 0.717) is 0 Å². The van der Waals surface area contributed by atoms with Crippen LogP contribution in [-0.2, 0) is 6.61 Å². The summed E-state index contributed by atoms with van der Waals surface area (Å²) in [5.41, 5.74) is 6.68. The van der Waals surface area contributed by atoms with Crippen molar-refractivity contribution in [1.29, 1.82) is 0 Å². The molecule has 0 bridgehead atoms. The highest BCUT2D eigenvalue weighted by Gasteiger charge is 2.15. The van der Waals surface area contributed by atoms with Gasteiger partial charge in [-0.05, 0) is 50.5 Å². The molecule has 2 heterocycles. The average Bonchev–Trinajstić information content (AvgIpc) is 2.79. The molecule has 0 atom stereocenters. The standard InChI is InChI=1S/C17H18N2O2/c1-9-7-15(16-11(3)19-21-12(16)4)18-17-10(2)13(8-20)5-6-14(9)17/h5-7,20H,8H2,1-4H3. The fourth-order valence-electron chi connectivity index (χ4n) is 2.79. The number of benzene rings is 1. The molecule has 108 valence electrons. The van der Waals surface area contributed by atoms with Gasteiger partial charge in [0.1, 0.15) is 5.76 Å². The molecule has 0 aliphatic carbocycles. The summed E-state index contributed by atoms with van der Waals surface area (Å²) in [6, 6.07) is 6.04. The molecule has 0 aliphatic rings. The van der Waals surface area contributed by atoms with Gasteiger partial charge in [-0.3, -0.25) is 0 Å². The topological polar surface area (TPSA) is 59.2 Å². The second-order valence-corrected chi connectivity index (χ2v) is 5.43. The maximum absolute atomic E-state index is 9.44. The fourth-order valence-corrected chi connectivity index (χ4v) is 2.79. The Hall–Kier alpha value is -2.20. The molecular formula is C17H18N2O2. The summed E-state index contributed by atoms with van der Waals surface area (Å²) in [4.78, 5) is 4.80. The van der Waals surface area contributed by atoms with E-state index in [1.807, 2.05) is 32.9 Å². The summed E-state index contributed by atoms with van der Waals surface area (Å²) in [7, 11) is 0. The first-order valence-electron chi connectivity index (χ1n) is 6.97. The largest absolute Gasteiger partial charge is 0.392 e. The Balaban J connectivity index is 2.34. The van der Waals surface area contributed by atoms with Crippen LogP contribution in [0.3, 0.4) is 0 Å². The van der Waals surface area contributed by atoms with Crippen molar-refractivity contribution in [2.24, 2.45) is 0 Å². The van der Waals surface area contributed by atoms with Crippen molar-refractivity contribution in [2.75, 3.05) is 0 Å². The van der Waals surface area contributed by atoms with Crippen LogP contribution in [0.15, 0.2) is 22.7 Å². The van der Waals surface area contributed by atoms with Crippen molar-refractivity contribution in [3.05, 3.63) is 46.3 Å².